The van der Waals surface area contributed by atoms with Gasteiger partial charge in [-0.05, 0) is 31.5 Å². The second kappa shape index (κ2) is 9.22. The van der Waals surface area contributed by atoms with Crippen LogP contribution in [0.15, 0.2) is 28.2 Å². The maximum absolute atomic E-state index is 12.8. The minimum absolute atomic E-state index is 0.113. The number of ether oxygens (including phenoxy) is 1. The van der Waals surface area contributed by atoms with E-state index in [0.717, 1.165) is 6.42 Å². The number of nitrogens with one attached hydrogen (secondary N) is 1. The highest BCUT2D eigenvalue weighted by Gasteiger charge is 2.19. The molecule has 0 saturated heterocycles. The molecule has 136 valence electrons. The standard InChI is InChI=1S/C17H22ClN3O3S/c1-4-8-21-16(23)13-6-5-12(18)10-14(13)20-17(21)25-11(2)15(22)19-7-9-24-3/h5-6,10-11H,4,7-9H2,1-3H3,(H,19,22)/t11-/m1/s1. The number of carbonyl (C=O) groups excluding carboxylic acids is 1. The number of thioether (sulfide) groups is 1. The van der Waals surface area contributed by atoms with Gasteiger partial charge in [0.2, 0.25) is 5.91 Å². The minimum atomic E-state index is -0.386. The maximum atomic E-state index is 12.8. The molecule has 1 aromatic heterocycles. The molecule has 0 aliphatic heterocycles. The zero-order valence-corrected chi connectivity index (χ0v) is 16.1. The molecular weight excluding hydrogens is 362 g/mol. The molecule has 0 unspecified atom stereocenters. The molecule has 2 rings (SSSR count). The summed E-state index contributed by atoms with van der Waals surface area (Å²) in [5.41, 5.74) is 0.428. The highest BCUT2D eigenvalue weighted by atomic mass is 35.5. The van der Waals surface area contributed by atoms with Crippen molar-refractivity contribution in [3.8, 4) is 0 Å². The van der Waals surface area contributed by atoms with Crippen LogP contribution in [0, 0.1) is 0 Å². The molecule has 1 atom stereocenters. The average Bonchev–Trinajstić information content (AvgIpc) is 2.58. The number of nitrogens with zero attached hydrogens (tertiary/aromatic N) is 2. The van der Waals surface area contributed by atoms with E-state index in [0.29, 0.717) is 40.8 Å². The van der Waals surface area contributed by atoms with Gasteiger partial charge in [-0.25, -0.2) is 4.98 Å². The average molecular weight is 384 g/mol. The number of amides is 1. The van der Waals surface area contributed by atoms with Gasteiger partial charge in [0, 0.05) is 25.2 Å². The highest BCUT2D eigenvalue weighted by molar-refractivity contribution is 8.00. The van der Waals surface area contributed by atoms with Crippen molar-refractivity contribution in [1.29, 1.82) is 0 Å². The molecule has 0 fully saturated rings. The third kappa shape index (κ3) is 4.96. The Bertz CT molecular complexity index is 810. The Kier molecular flexibility index (Phi) is 7.28. The van der Waals surface area contributed by atoms with Gasteiger partial charge in [0.25, 0.3) is 5.56 Å². The van der Waals surface area contributed by atoms with Crippen LogP contribution in [0.1, 0.15) is 20.3 Å². The van der Waals surface area contributed by atoms with Gasteiger partial charge >= 0.3 is 0 Å². The van der Waals surface area contributed by atoms with Gasteiger partial charge in [-0.2, -0.15) is 0 Å². The van der Waals surface area contributed by atoms with Crippen LogP contribution in [-0.2, 0) is 16.1 Å². The maximum Gasteiger partial charge on any atom is 0.262 e. The topological polar surface area (TPSA) is 73.2 Å². The molecule has 25 heavy (non-hydrogen) atoms. The third-order valence-corrected chi connectivity index (χ3v) is 4.91. The Hall–Kier alpha value is -1.57. The summed E-state index contributed by atoms with van der Waals surface area (Å²) in [6, 6.07) is 5.04. The van der Waals surface area contributed by atoms with Crippen LogP contribution >= 0.6 is 23.4 Å². The van der Waals surface area contributed by atoms with Crippen molar-refractivity contribution in [3.63, 3.8) is 0 Å². The van der Waals surface area contributed by atoms with Gasteiger partial charge in [-0.1, -0.05) is 30.3 Å². The van der Waals surface area contributed by atoms with Crippen molar-refractivity contribution in [2.24, 2.45) is 0 Å². The summed E-state index contributed by atoms with van der Waals surface area (Å²) in [6.07, 6.45) is 0.794. The zero-order valence-electron chi connectivity index (χ0n) is 14.5. The summed E-state index contributed by atoms with van der Waals surface area (Å²) in [5.74, 6) is -0.120. The van der Waals surface area contributed by atoms with E-state index in [9.17, 15) is 9.59 Å². The Morgan fingerprint density at radius 2 is 2.24 bits per heavy atom. The Balaban J connectivity index is 2.33. The number of hydrogen-bond acceptors (Lipinski definition) is 5. The van der Waals surface area contributed by atoms with Gasteiger partial charge in [-0.3, -0.25) is 14.2 Å². The molecule has 0 spiro atoms. The SMILES string of the molecule is CCCn1c(S[C@H](C)C(=O)NCCOC)nc2cc(Cl)ccc2c1=O. The van der Waals surface area contributed by atoms with Crippen LogP contribution in [0.25, 0.3) is 10.9 Å². The molecule has 0 radical (unpaired) electrons. The number of halogens is 1. The normalized spacial score (nSPS) is 12.3. The molecule has 1 aromatic carbocycles. The summed E-state index contributed by atoms with van der Waals surface area (Å²) >= 11 is 7.29. The summed E-state index contributed by atoms with van der Waals surface area (Å²) in [6.45, 7) is 5.23. The second-order valence-electron chi connectivity index (χ2n) is 5.56. The molecule has 6 nitrogen and oxygen atoms in total. The lowest BCUT2D eigenvalue weighted by Crippen LogP contribution is -2.34. The first-order valence-corrected chi connectivity index (χ1v) is 9.37. The molecule has 0 saturated carbocycles. The van der Waals surface area contributed by atoms with Crippen LogP contribution in [0.4, 0.5) is 0 Å². The number of fused-ring (bicyclic) bond motifs is 1. The number of rotatable bonds is 8. The quantitative estimate of drug-likeness (QED) is 0.431. The smallest absolute Gasteiger partial charge is 0.262 e. The van der Waals surface area contributed by atoms with Crippen LogP contribution < -0.4 is 10.9 Å². The number of aromatic nitrogens is 2. The fraction of sp³-hybridized carbons (Fsp3) is 0.471. The fourth-order valence-corrected chi connectivity index (χ4v) is 3.44. The Morgan fingerprint density at radius 1 is 1.48 bits per heavy atom. The van der Waals surface area contributed by atoms with Gasteiger partial charge in [-0.15, -0.1) is 0 Å². The van der Waals surface area contributed by atoms with Gasteiger partial charge in [0.1, 0.15) is 0 Å². The lowest BCUT2D eigenvalue weighted by molar-refractivity contribution is -0.120. The highest BCUT2D eigenvalue weighted by Crippen LogP contribution is 2.24. The molecule has 8 heteroatoms. The van der Waals surface area contributed by atoms with Crippen molar-refractivity contribution in [2.45, 2.75) is 37.2 Å². The Labute approximate surface area is 155 Å². The zero-order chi connectivity index (χ0) is 18.4. The van der Waals surface area contributed by atoms with Crippen molar-refractivity contribution in [1.82, 2.24) is 14.9 Å². The van der Waals surface area contributed by atoms with E-state index >= 15 is 0 Å². The molecular formula is C17H22ClN3O3S. The van der Waals surface area contributed by atoms with Gasteiger partial charge in [0.15, 0.2) is 5.16 Å². The predicted molar refractivity (Wildman–Crippen MR) is 102 cm³/mol. The number of methoxy groups -OCH3 is 1. The van der Waals surface area contributed by atoms with Crippen molar-refractivity contribution >= 4 is 40.2 Å². The first kappa shape index (κ1) is 19.8. The molecule has 2 aromatic rings. The van der Waals surface area contributed by atoms with Gasteiger partial charge in [0.05, 0.1) is 22.8 Å². The monoisotopic (exact) mass is 383 g/mol. The summed E-state index contributed by atoms with van der Waals surface area (Å²) < 4.78 is 6.55. The van der Waals surface area contributed by atoms with Crippen LogP contribution in [0.3, 0.4) is 0 Å². The minimum Gasteiger partial charge on any atom is -0.383 e. The van der Waals surface area contributed by atoms with E-state index < -0.39 is 0 Å². The molecule has 1 heterocycles. The third-order valence-electron chi connectivity index (χ3n) is 3.59. The molecule has 0 bridgehead atoms. The first-order chi connectivity index (χ1) is 12.0. The predicted octanol–water partition coefficient (Wildman–Crippen LogP) is 2.70. The largest absolute Gasteiger partial charge is 0.383 e. The van der Waals surface area contributed by atoms with Crippen molar-refractivity contribution in [3.05, 3.63) is 33.6 Å². The summed E-state index contributed by atoms with van der Waals surface area (Å²) in [7, 11) is 1.58. The molecule has 0 aliphatic rings. The first-order valence-electron chi connectivity index (χ1n) is 8.11. The molecule has 1 N–H and O–H groups in total. The number of carbonyl (C=O) groups is 1. The van der Waals surface area contributed by atoms with Crippen LogP contribution in [-0.4, -0.2) is 41.0 Å². The van der Waals surface area contributed by atoms with Crippen LogP contribution in [0.2, 0.25) is 5.02 Å². The van der Waals surface area contributed by atoms with E-state index in [1.165, 1.54) is 11.8 Å². The van der Waals surface area contributed by atoms with Crippen molar-refractivity contribution in [2.75, 3.05) is 20.3 Å². The van der Waals surface area contributed by atoms with E-state index in [4.69, 9.17) is 16.3 Å². The summed E-state index contributed by atoms with van der Waals surface area (Å²) in [4.78, 5) is 29.5. The number of benzene rings is 1. The lowest BCUT2D eigenvalue weighted by Gasteiger charge is -2.16. The lowest BCUT2D eigenvalue weighted by atomic mass is 10.2. The van der Waals surface area contributed by atoms with Crippen molar-refractivity contribution < 1.29 is 9.53 Å². The second-order valence-corrected chi connectivity index (χ2v) is 7.30. The van der Waals surface area contributed by atoms with Crippen LogP contribution in [0.5, 0.6) is 0 Å². The van der Waals surface area contributed by atoms with Gasteiger partial charge < -0.3 is 10.1 Å². The van der Waals surface area contributed by atoms with E-state index in [2.05, 4.69) is 10.3 Å². The van der Waals surface area contributed by atoms with E-state index in [1.807, 2.05) is 6.92 Å². The Morgan fingerprint density at radius 3 is 2.92 bits per heavy atom. The molecule has 1 amide bonds. The fourth-order valence-electron chi connectivity index (χ4n) is 2.32. The molecule has 0 aliphatic carbocycles. The summed E-state index contributed by atoms with van der Waals surface area (Å²) in [5, 5.41) is 3.98. The van der Waals surface area contributed by atoms with E-state index in [-0.39, 0.29) is 16.7 Å². The van der Waals surface area contributed by atoms with E-state index in [1.54, 1.807) is 36.8 Å². The number of hydrogen-bond donors (Lipinski definition) is 1.